The molecule has 0 unspecified atom stereocenters. The molecule has 2 amide bonds. The number of rotatable bonds is 2. The fraction of sp³-hybridized carbons (Fsp3) is 0.500. The smallest absolute Gasteiger partial charge is 0.240 e. The van der Waals surface area contributed by atoms with Crippen molar-refractivity contribution in [2.24, 2.45) is 0 Å². The lowest BCUT2D eigenvalue weighted by molar-refractivity contribution is -0.131. The van der Waals surface area contributed by atoms with Gasteiger partial charge in [-0.05, 0) is 25.0 Å². The molecule has 0 aromatic carbocycles. The van der Waals surface area contributed by atoms with Gasteiger partial charge in [-0.15, -0.1) is 0 Å². The van der Waals surface area contributed by atoms with E-state index in [0.717, 1.165) is 36.6 Å². The van der Waals surface area contributed by atoms with Gasteiger partial charge in [0.15, 0.2) is 0 Å². The highest BCUT2D eigenvalue weighted by molar-refractivity contribution is 8.00. The zero-order chi connectivity index (χ0) is 14.1. The molecule has 1 aromatic rings. The molecule has 1 fully saturated rings. The van der Waals surface area contributed by atoms with E-state index in [1.165, 1.54) is 11.8 Å². The van der Waals surface area contributed by atoms with Crippen LogP contribution in [0.25, 0.3) is 0 Å². The van der Waals surface area contributed by atoms with Gasteiger partial charge in [0.1, 0.15) is 5.03 Å². The summed E-state index contributed by atoms with van der Waals surface area (Å²) in [7, 11) is 1.75. The summed E-state index contributed by atoms with van der Waals surface area (Å²) >= 11 is 1.41. The van der Waals surface area contributed by atoms with Crippen molar-refractivity contribution in [2.75, 3.05) is 25.0 Å². The van der Waals surface area contributed by atoms with Crippen molar-refractivity contribution in [3.05, 3.63) is 18.3 Å². The number of fused-ring (bicyclic) bond motifs is 1. The molecule has 0 bridgehead atoms. The summed E-state index contributed by atoms with van der Waals surface area (Å²) in [5, 5.41) is 0.476. The molecule has 0 saturated carbocycles. The third-order valence-electron chi connectivity index (χ3n) is 3.79. The van der Waals surface area contributed by atoms with Gasteiger partial charge >= 0.3 is 0 Å². The Morgan fingerprint density at radius 2 is 2.20 bits per heavy atom. The largest absolute Gasteiger partial charge is 0.343 e. The Kier molecular flexibility index (Phi) is 3.65. The molecule has 1 saturated heterocycles. The molecule has 1 atom stereocenters. The lowest BCUT2D eigenvalue weighted by Gasteiger charge is -2.30. The standard InChI is InChI=1S/C14H17N3O2S/c1-16-10-5-4-6-15-13(10)20-11(14(16)19)9-12(18)17-7-2-3-8-17/h4-6,11H,2-3,7-9H2,1H3/t11-/m1/s1. The number of pyridine rings is 1. The maximum atomic E-state index is 12.3. The van der Waals surface area contributed by atoms with Gasteiger partial charge in [0.05, 0.1) is 10.9 Å². The summed E-state index contributed by atoms with van der Waals surface area (Å²) < 4.78 is 0. The lowest BCUT2D eigenvalue weighted by Crippen LogP contribution is -2.41. The van der Waals surface area contributed by atoms with E-state index in [2.05, 4.69) is 4.98 Å². The molecule has 3 rings (SSSR count). The first-order valence-corrected chi connectivity index (χ1v) is 7.72. The topological polar surface area (TPSA) is 53.5 Å². The number of carbonyl (C=O) groups is 2. The van der Waals surface area contributed by atoms with Crippen molar-refractivity contribution in [3.8, 4) is 0 Å². The van der Waals surface area contributed by atoms with Crippen LogP contribution < -0.4 is 4.90 Å². The fourth-order valence-electron chi connectivity index (χ4n) is 2.63. The molecule has 1 aromatic heterocycles. The minimum Gasteiger partial charge on any atom is -0.343 e. The van der Waals surface area contributed by atoms with Crippen LogP contribution in [-0.4, -0.2) is 47.1 Å². The van der Waals surface area contributed by atoms with Gasteiger partial charge < -0.3 is 9.80 Å². The quantitative estimate of drug-likeness (QED) is 0.829. The minimum absolute atomic E-state index is 0.0111. The molecule has 3 heterocycles. The first-order valence-electron chi connectivity index (χ1n) is 6.84. The zero-order valence-electron chi connectivity index (χ0n) is 11.4. The van der Waals surface area contributed by atoms with Crippen LogP contribution in [0.4, 0.5) is 5.69 Å². The summed E-state index contributed by atoms with van der Waals surface area (Å²) in [6.45, 7) is 1.66. The SMILES string of the molecule is CN1C(=O)[C@@H](CC(=O)N2CCCC2)Sc2ncccc21. The Morgan fingerprint density at radius 1 is 1.45 bits per heavy atom. The average Bonchev–Trinajstić information content (AvgIpc) is 2.99. The van der Waals surface area contributed by atoms with Gasteiger partial charge in [0.2, 0.25) is 11.8 Å². The molecule has 20 heavy (non-hydrogen) atoms. The van der Waals surface area contributed by atoms with E-state index in [-0.39, 0.29) is 23.5 Å². The number of carbonyl (C=O) groups excluding carboxylic acids is 2. The van der Waals surface area contributed by atoms with Crippen molar-refractivity contribution in [1.29, 1.82) is 0 Å². The molecule has 5 nitrogen and oxygen atoms in total. The van der Waals surface area contributed by atoms with Crippen LogP contribution >= 0.6 is 11.8 Å². The van der Waals surface area contributed by atoms with Crippen LogP contribution in [0.3, 0.4) is 0 Å². The normalized spacial score (nSPS) is 22.1. The Labute approximate surface area is 122 Å². The van der Waals surface area contributed by atoms with Gasteiger partial charge in [0.25, 0.3) is 0 Å². The van der Waals surface area contributed by atoms with Crippen molar-refractivity contribution in [3.63, 3.8) is 0 Å². The van der Waals surface area contributed by atoms with Crippen LogP contribution in [0.5, 0.6) is 0 Å². The average molecular weight is 291 g/mol. The number of anilines is 1. The lowest BCUT2D eigenvalue weighted by atomic mass is 10.2. The van der Waals surface area contributed by atoms with E-state index < -0.39 is 0 Å². The second kappa shape index (κ2) is 5.44. The van der Waals surface area contributed by atoms with E-state index in [1.807, 2.05) is 17.0 Å². The van der Waals surface area contributed by atoms with Crippen LogP contribution in [-0.2, 0) is 9.59 Å². The molecule has 0 radical (unpaired) electrons. The monoisotopic (exact) mass is 291 g/mol. The highest BCUT2D eigenvalue weighted by Gasteiger charge is 2.34. The van der Waals surface area contributed by atoms with E-state index in [9.17, 15) is 9.59 Å². The molecular formula is C14H17N3O2S. The number of aromatic nitrogens is 1. The van der Waals surface area contributed by atoms with Gasteiger partial charge in [-0.2, -0.15) is 0 Å². The Bertz CT molecular complexity index is 543. The minimum atomic E-state index is -0.351. The molecule has 106 valence electrons. The predicted molar refractivity (Wildman–Crippen MR) is 77.7 cm³/mol. The summed E-state index contributed by atoms with van der Waals surface area (Å²) in [6, 6.07) is 3.70. The summed E-state index contributed by atoms with van der Waals surface area (Å²) in [4.78, 5) is 32.3. The molecule has 0 spiro atoms. The summed E-state index contributed by atoms with van der Waals surface area (Å²) in [6.07, 6.45) is 4.13. The number of nitrogens with zero attached hydrogens (tertiary/aromatic N) is 3. The van der Waals surface area contributed by atoms with Crippen LogP contribution in [0.2, 0.25) is 0 Å². The van der Waals surface area contributed by atoms with Crippen molar-refractivity contribution in [2.45, 2.75) is 29.5 Å². The van der Waals surface area contributed by atoms with Crippen molar-refractivity contribution in [1.82, 2.24) is 9.88 Å². The van der Waals surface area contributed by atoms with Gasteiger partial charge in [-0.25, -0.2) is 4.98 Å². The zero-order valence-corrected chi connectivity index (χ0v) is 12.2. The second-order valence-electron chi connectivity index (χ2n) is 5.12. The molecule has 2 aliphatic rings. The third-order valence-corrected chi connectivity index (χ3v) is 4.98. The highest BCUT2D eigenvalue weighted by Crippen LogP contribution is 2.38. The second-order valence-corrected chi connectivity index (χ2v) is 6.31. The Morgan fingerprint density at radius 3 is 2.95 bits per heavy atom. The van der Waals surface area contributed by atoms with Crippen LogP contribution in [0.1, 0.15) is 19.3 Å². The van der Waals surface area contributed by atoms with Crippen molar-refractivity contribution < 1.29 is 9.59 Å². The van der Waals surface area contributed by atoms with E-state index >= 15 is 0 Å². The number of thioether (sulfide) groups is 1. The maximum absolute atomic E-state index is 12.3. The summed E-state index contributed by atoms with van der Waals surface area (Å²) in [5.41, 5.74) is 0.826. The third kappa shape index (κ3) is 2.40. The van der Waals surface area contributed by atoms with E-state index in [1.54, 1.807) is 18.1 Å². The molecular weight excluding hydrogens is 274 g/mol. The predicted octanol–water partition coefficient (Wildman–Crippen LogP) is 1.53. The van der Waals surface area contributed by atoms with E-state index in [0.29, 0.717) is 0 Å². The fourth-order valence-corrected chi connectivity index (χ4v) is 3.83. The van der Waals surface area contributed by atoms with Gasteiger partial charge in [-0.1, -0.05) is 11.8 Å². The highest BCUT2D eigenvalue weighted by atomic mass is 32.2. The Hall–Kier alpha value is -1.56. The molecule has 2 aliphatic heterocycles. The summed E-state index contributed by atoms with van der Waals surface area (Å²) in [5.74, 6) is 0.0733. The number of amides is 2. The molecule has 0 aliphatic carbocycles. The van der Waals surface area contributed by atoms with E-state index in [4.69, 9.17) is 0 Å². The van der Waals surface area contributed by atoms with Gasteiger partial charge in [0, 0.05) is 32.8 Å². The molecule has 0 N–H and O–H groups in total. The van der Waals surface area contributed by atoms with Crippen LogP contribution in [0.15, 0.2) is 23.4 Å². The first-order chi connectivity index (χ1) is 9.66. The van der Waals surface area contributed by atoms with Gasteiger partial charge in [-0.3, -0.25) is 9.59 Å². The first kappa shape index (κ1) is 13.4. The number of likely N-dealkylation sites (tertiary alicyclic amines) is 1. The Balaban J connectivity index is 1.75. The maximum Gasteiger partial charge on any atom is 0.240 e. The number of hydrogen-bond donors (Lipinski definition) is 0. The molecule has 6 heteroatoms. The number of hydrogen-bond acceptors (Lipinski definition) is 4. The van der Waals surface area contributed by atoms with Crippen LogP contribution in [0, 0.1) is 0 Å². The van der Waals surface area contributed by atoms with Crippen molar-refractivity contribution >= 4 is 29.3 Å².